The fraction of sp³-hybridized carbons (Fsp3) is 0.200. The molecule has 0 heterocycles. The number of hydrogen-bond acceptors (Lipinski definition) is 5. The van der Waals surface area contributed by atoms with Crippen molar-refractivity contribution < 1.29 is 4.74 Å². The molecule has 3 rings (SSSR count). The Balaban J connectivity index is 1.91. The van der Waals surface area contributed by atoms with Crippen molar-refractivity contribution in [1.29, 1.82) is 0 Å². The Labute approximate surface area is 178 Å². The normalized spacial score (nSPS) is 16.1. The van der Waals surface area contributed by atoms with E-state index in [-0.39, 0.29) is 0 Å². The van der Waals surface area contributed by atoms with E-state index >= 15 is 0 Å². The van der Waals surface area contributed by atoms with E-state index in [1.807, 2.05) is 69.7 Å². The molecule has 2 aromatic rings. The molecule has 0 aliphatic heterocycles. The highest BCUT2D eigenvalue weighted by Crippen LogP contribution is 2.29. The number of ether oxygens (including phenoxy) is 1. The van der Waals surface area contributed by atoms with Gasteiger partial charge >= 0.3 is 0 Å². The van der Waals surface area contributed by atoms with Crippen LogP contribution in [0.3, 0.4) is 0 Å². The van der Waals surface area contributed by atoms with Gasteiger partial charge in [0.2, 0.25) is 0 Å². The Morgan fingerprint density at radius 1 is 1.13 bits per heavy atom. The molecule has 2 aromatic carbocycles. The second-order valence-electron chi connectivity index (χ2n) is 7.14. The molecule has 0 fully saturated rings. The van der Waals surface area contributed by atoms with Crippen LogP contribution in [0.2, 0.25) is 0 Å². The summed E-state index contributed by atoms with van der Waals surface area (Å²) in [6.45, 7) is 5.13. The number of allylic oxidation sites excluding steroid dienone is 5. The van der Waals surface area contributed by atoms with Gasteiger partial charge < -0.3 is 15.0 Å². The van der Waals surface area contributed by atoms with E-state index in [0.717, 1.165) is 46.1 Å². The summed E-state index contributed by atoms with van der Waals surface area (Å²) in [6.07, 6.45) is 7.83. The molecule has 0 radical (unpaired) electrons. The van der Waals surface area contributed by atoms with E-state index < -0.39 is 0 Å². The number of hydrogen-bond donors (Lipinski definition) is 1. The average Bonchev–Trinajstić information content (AvgIpc) is 2.76. The summed E-state index contributed by atoms with van der Waals surface area (Å²) in [5.41, 5.74) is 5.81. The smallest absolute Gasteiger partial charge is 0.119 e. The summed E-state index contributed by atoms with van der Waals surface area (Å²) in [6, 6.07) is 16.1. The minimum Gasteiger partial charge on any atom is -0.492 e. The lowest BCUT2D eigenvalue weighted by atomic mass is 9.91. The zero-order chi connectivity index (χ0) is 21.3. The number of nitrogens with one attached hydrogen (secondary N) is 1. The van der Waals surface area contributed by atoms with Gasteiger partial charge in [0.25, 0.3) is 0 Å². The molecule has 154 valence electrons. The van der Waals surface area contributed by atoms with Gasteiger partial charge in [0.05, 0.1) is 11.4 Å². The van der Waals surface area contributed by atoms with Crippen molar-refractivity contribution in [2.75, 3.05) is 39.6 Å². The Morgan fingerprint density at radius 2 is 1.93 bits per heavy atom. The molecule has 1 aliphatic rings. The fourth-order valence-corrected chi connectivity index (χ4v) is 3.06. The number of anilines is 1. The molecule has 0 saturated heterocycles. The quantitative estimate of drug-likeness (QED) is 0.636. The zero-order valence-electron chi connectivity index (χ0n) is 17.8. The predicted octanol–water partition coefficient (Wildman–Crippen LogP) is 4.98. The zero-order valence-corrected chi connectivity index (χ0v) is 17.8. The summed E-state index contributed by atoms with van der Waals surface area (Å²) in [7, 11) is 5.97. The summed E-state index contributed by atoms with van der Waals surface area (Å²) >= 11 is 0. The fourth-order valence-electron chi connectivity index (χ4n) is 3.06. The van der Waals surface area contributed by atoms with E-state index in [1.165, 1.54) is 0 Å². The third kappa shape index (κ3) is 5.55. The third-order valence-electron chi connectivity index (χ3n) is 4.64. The molecule has 1 aliphatic carbocycles. The molecule has 0 saturated carbocycles. The maximum Gasteiger partial charge on any atom is 0.119 e. The molecule has 0 bridgehead atoms. The van der Waals surface area contributed by atoms with E-state index in [9.17, 15) is 0 Å². The monoisotopic (exact) mass is 400 g/mol. The minimum atomic E-state index is 0.651. The summed E-state index contributed by atoms with van der Waals surface area (Å²) < 4.78 is 5.78. The lowest BCUT2D eigenvalue weighted by Gasteiger charge is -2.16. The van der Waals surface area contributed by atoms with Crippen molar-refractivity contribution in [3.8, 4) is 5.75 Å². The van der Waals surface area contributed by atoms with Gasteiger partial charge in [-0.15, -0.1) is 0 Å². The van der Waals surface area contributed by atoms with Crippen LogP contribution in [-0.2, 0) is 0 Å². The molecular weight excluding hydrogens is 372 g/mol. The summed E-state index contributed by atoms with van der Waals surface area (Å²) in [5.74, 6) is 0.838. The van der Waals surface area contributed by atoms with Gasteiger partial charge in [-0.2, -0.15) is 0 Å². The van der Waals surface area contributed by atoms with Crippen LogP contribution in [0.5, 0.6) is 5.75 Å². The topological polar surface area (TPSA) is 49.2 Å². The first-order chi connectivity index (χ1) is 14.6. The van der Waals surface area contributed by atoms with E-state index in [4.69, 9.17) is 9.73 Å². The van der Waals surface area contributed by atoms with Gasteiger partial charge in [-0.1, -0.05) is 30.4 Å². The van der Waals surface area contributed by atoms with Gasteiger partial charge in [0.1, 0.15) is 12.4 Å². The van der Waals surface area contributed by atoms with Crippen molar-refractivity contribution in [3.05, 3.63) is 84.1 Å². The number of rotatable bonds is 8. The van der Waals surface area contributed by atoms with Crippen LogP contribution in [0.25, 0.3) is 5.57 Å². The Kier molecular flexibility index (Phi) is 7.35. The Bertz CT molecular complexity index is 998. The number of aliphatic imine (C=N–C) groups is 2. The lowest BCUT2D eigenvalue weighted by molar-refractivity contribution is 0.261. The highest BCUT2D eigenvalue weighted by molar-refractivity contribution is 6.34. The first-order valence-electron chi connectivity index (χ1n) is 9.90. The summed E-state index contributed by atoms with van der Waals surface area (Å²) in [4.78, 5) is 11.0. The first-order valence-corrected chi connectivity index (χ1v) is 9.90. The Hall–Kier alpha value is -3.44. The molecule has 0 unspecified atom stereocenters. The van der Waals surface area contributed by atoms with Gasteiger partial charge in [0, 0.05) is 36.6 Å². The van der Waals surface area contributed by atoms with Crippen molar-refractivity contribution in [3.63, 3.8) is 0 Å². The molecule has 0 atom stereocenters. The van der Waals surface area contributed by atoms with Crippen LogP contribution in [-0.4, -0.2) is 51.6 Å². The van der Waals surface area contributed by atoms with Crippen LogP contribution < -0.4 is 10.1 Å². The average molecular weight is 401 g/mol. The van der Waals surface area contributed by atoms with Crippen molar-refractivity contribution in [2.24, 2.45) is 9.98 Å². The standard InChI is InChI=1S/C25H28N4O/c1-26-18-20-8-6-10-24(19-7-5-9-22(17-19)27-2)25(20)28-21-11-13-23(14-12-21)30-16-15-29(3)4/h5-14,17-18,27H,1,15-16H2,2-4H3/b20-18-,28-25+. The Morgan fingerprint density at radius 3 is 2.63 bits per heavy atom. The molecule has 30 heavy (non-hydrogen) atoms. The van der Waals surface area contributed by atoms with Crippen LogP contribution in [0.15, 0.2) is 88.5 Å². The van der Waals surface area contributed by atoms with Gasteiger partial charge in [-0.3, -0.25) is 4.99 Å². The van der Waals surface area contributed by atoms with Crippen LogP contribution in [0, 0.1) is 0 Å². The number of benzene rings is 2. The van der Waals surface area contributed by atoms with Crippen molar-refractivity contribution >= 4 is 29.4 Å². The SMILES string of the molecule is C=N/C=C1/C=CC=C(c2cccc(NC)c2)/C1=N/c1ccc(OCCN(C)C)cc1. The van der Waals surface area contributed by atoms with Crippen molar-refractivity contribution in [2.45, 2.75) is 0 Å². The van der Waals surface area contributed by atoms with Gasteiger partial charge in [-0.25, -0.2) is 4.99 Å². The molecular formula is C25H28N4O. The molecule has 0 amide bonds. The van der Waals surface area contributed by atoms with E-state index in [2.05, 4.69) is 40.1 Å². The molecule has 0 aromatic heterocycles. The van der Waals surface area contributed by atoms with Crippen LogP contribution in [0.4, 0.5) is 11.4 Å². The van der Waals surface area contributed by atoms with Gasteiger partial charge in [0.15, 0.2) is 0 Å². The van der Waals surface area contributed by atoms with Crippen molar-refractivity contribution in [1.82, 2.24) is 4.90 Å². The highest BCUT2D eigenvalue weighted by Gasteiger charge is 2.16. The number of nitrogens with zero attached hydrogens (tertiary/aromatic N) is 3. The van der Waals surface area contributed by atoms with E-state index in [1.54, 1.807) is 6.20 Å². The maximum atomic E-state index is 5.78. The van der Waals surface area contributed by atoms with Crippen LogP contribution >= 0.6 is 0 Å². The first kappa shape index (κ1) is 21.3. The van der Waals surface area contributed by atoms with Gasteiger partial charge in [-0.05, 0) is 62.8 Å². The predicted molar refractivity (Wildman–Crippen MR) is 128 cm³/mol. The third-order valence-corrected chi connectivity index (χ3v) is 4.64. The minimum absolute atomic E-state index is 0.651. The largest absolute Gasteiger partial charge is 0.492 e. The molecule has 0 spiro atoms. The second-order valence-corrected chi connectivity index (χ2v) is 7.14. The lowest BCUT2D eigenvalue weighted by Crippen LogP contribution is -2.19. The molecule has 5 nitrogen and oxygen atoms in total. The summed E-state index contributed by atoms with van der Waals surface area (Å²) in [5, 5.41) is 3.19. The molecule has 5 heteroatoms. The van der Waals surface area contributed by atoms with Crippen LogP contribution in [0.1, 0.15) is 5.56 Å². The molecule has 1 N–H and O–H groups in total. The van der Waals surface area contributed by atoms with E-state index in [0.29, 0.717) is 6.61 Å². The highest BCUT2D eigenvalue weighted by atomic mass is 16.5. The second kappa shape index (κ2) is 10.4. The maximum absolute atomic E-state index is 5.78. The number of likely N-dealkylation sites (N-methyl/N-ethyl adjacent to an activating group) is 1.